The lowest BCUT2D eigenvalue weighted by Crippen LogP contribution is -2.12. The van der Waals surface area contributed by atoms with E-state index in [4.69, 9.17) is 5.11 Å². The van der Waals surface area contributed by atoms with E-state index in [2.05, 4.69) is 5.32 Å². The van der Waals surface area contributed by atoms with Gasteiger partial charge in [0, 0.05) is 12.1 Å². The van der Waals surface area contributed by atoms with E-state index in [1.54, 1.807) is 0 Å². The Morgan fingerprint density at radius 3 is 3.00 bits per heavy atom. The molecule has 1 aromatic carbocycles. The molecule has 10 heavy (non-hydrogen) atoms. The Bertz CT molecular complexity index is 222. The third-order valence-electron chi connectivity index (χ3n) is 1.75. The van der Waals surface area contributed by atoms with Gasteiger partial charge in [0.15, 0.2) is 0 Å². The van der Waals surface area contributed by atoms with Crippen molar-refractivity contribution >= 4 is 5.69 Å². The van der Waals surface area contributed by atoms with E-state index in [1.165, 1.54) is 5.56 Å². The maximum absolute atomic E-state index is 9.14. The van der Waals surface area contributed by atoms with Gasteiger partial charge in [-0.15, -0.1) is 0 Å². The molecular formula is C8H9NO. The van der Waals surface area contributed by atoms with Crippen LogP contribution in [0.3, 0.4) is 0 Å². The number of benzene rings is 1. The molecule has 1 aromatic rings. The highest BCUT2D eigenvalue weighted by Crippen LogP contribution is 2.23. The molecule has 0 aliphatic carbocycles. The van der Waals surface area contributed by atoms with E-state index < -0.39 is 0 Å². The number of rotatable bonds is 0. The molecule has 2 N–H and O–H groups in total. The van der Waals surface area contributed by atoms with Crippen molar-refractivity contribution in [2.24, 2.45) is 0 Å². The fraction of sp³-hybridized carbons (Fsp3) is 0.250. The largest absolute Gasteiger partial charge is 0.373 e. The second-order valence-corrected chi connectivity index (χ2v) is 2.52. The zero-order chi connectivity index (χ0) is 6.97. The second kappa shape index (κ2) is 1.99. The van der Waals surface area contributed by atoms with Crippen LogP contribution in [0.2, 0.25) is 0 Å². The minimum atomic E-state index is -0.377. The van der Waals surface area contributed by atoms with Crippen molar-refractivity contribution in [3.63, 3.8) is 0 Å². The van der Waals surface area contributed by atoms with Crippen LogP contribution in [0, 0.1) is 0 Å². The Balaban J connectivity index is 2.42. The zero-order valence-electron chi connectivity index (χ0n) is 5.54. The Labute approximate surface area is 59.5 Å². The summed E-state index contributed by atoms with van der Waals surface area (Å²) in [4.78, 5) is 0. The van der Waals surface area contributed by atoms with Crippen molar-refractivity contribution in [2.45, 2.75) is 12.6 Å². The first-order valence-electron chi connectivity index (χ1n) is 3.39. The monoisotopic (exact) mass is 135 g/mol. The molecule has 0 amide bonds. The van der Waals surface area contributed by atoms with Crippen LogP contribution < -0.4 is 5.32 Å². The molecule has 0 spiro atoms. The van der Waals surface area contributed by atoms with Crippen LogP contribution in [0.25, 0.3) is 0 Å². The molecule has 1 aliphatic heterocycles. The fourth-order valence-electron chi connectivity index (χ4n) is 1.28. The topological polar surface area (TPSA) is 32.3 Å². The van der Waals surface area contributed by atoms with E-state index in [9.17, 15) is 0 Å². The summed E-state index contributed by atoms with van der Waals surface area (Å²) in [5.74, 6) is 0. The lowest BCUT2D eigenvalue weighted by atomic mass is 10.2. The molecule has 0 aromatic heterocycles. The summed E-state index contributed by atoms with van der Waals surface area (Å²) < 4.78 is 0. The van der Waals surface area contributed by atoms with Gasteiger partial charge in [0.2, 0.25) is 0 Å². The third kappa shape index (κ3) is 0.772. The van der Waals surface area contributed by atoms with Crippen LogP contribution in [0.15, 0.2) is 24.3 Å². The summed E-state index contributed by atoms with van der Waals surface area (Å²) in [6, 6.07) is 7.95. The molecule has 0 radical (unpaired) electrons. The van der Waals surface area contributed by atoms with Gasteiger partial charge in [0.25, 0.3) is 0 Å². The van der Waals surface area contributed by atoms with E-state index in [1.807, 2.05) is 24.3 Å². The van der Waals surface area contributed by atoms with Crippen molar-refractivity contribution in [1.82, 2.24) is 0 Å². The van der Waals surface area contributed by atoms with Crippen LogP contribution in [-0.2, 0) is 6.42 Å². The van der Waals surface area contributed by atoms with Gasteiger partial charge in [-0.2, -0.15) is 0 Å². The van der Waals surface area contributed by atoms with Gasteiger partial charge >= 0.3 is 0 Å². The predicted octanol–water partition coefficient (Wildman–Crippen LogP) is 0.973. The molecule has 1 heterocycles. The minimum absolute atomic E-state index is 0.377. The van der Waals surface area contributed by atoms with Gasteiger partial charge < -0.3 is 10.4 Å². The molecule has 2 rings (SSSR count). The van der Waals surface area contributed by atoms with Crippen molar-refractivity contribution in [3.05, 3.63) is 29.8 Å². The van der Waals surface area contributed by atoms with Crippen molar-refractivity contribution in [2.75, 3.05) is 5.32 Å². The molecule has 0 fully saturated rings. The van der Waals surface area contributed by atoms with Crippen molar-refractivity contribution in [1.29, 1.82) is 0 Å². The number of anilines is 1. The maximum Gasteiger partial charge on any atom is 0.128 e. The number of nitrogens with one attached hydrogen (secondary N) is 1. The van der Waals surface area contributed by atoms with Crippen LogP contribution in [-0.4, -0.2) is 11.3 Å². The molecule has 0 bridgehead atoms. The average Bonchev–Trinajstić information content (AvgIpc) is 2.27. The lowest BCUT2D eigenvalue weighted by Gasteiger charge is -1.99. The number of hydrogen-bond acceptors (Lipinski definition) is 2. The third-order valence-corrected chi connectivity index (χ3v) is 1.75. The number of aliphatic hydroxyl groups is 1. The SMILES string of the molecule is OC1Cc2ccccc2N1. The molecule has 2 heteroatoms. The number of fused-ring (bicyclic) bond motifs is 1. The van der Waals surface area contributed by atoms with Gasteiger partial charge in [0.1, 0.15) is 6.23 Å². The van der Waals surface area contributed by atoms with Gasteiger partial charge in [0.05, 0.1) is 0 Å². The minimum Gasteiger partial charge on any atom is -0.373 e. The van der Waals surface area contributed by atoms with Crippen molar-refractivity contribution < 1.29 is 5.11 Å². The van der Waals surface area contributed by atoms with Crippen molar-refractivity contribution in [3.8, 4) is 0 Å². The van der Waals surface area contributed by atoms with Crippen LogP contribution in [0.1, 0.15) is 5.56 Å². The van der Waals surface area contributed by atoms with Gasteiger partial charge in [-0.25, -0.2) is 0 Å². The smallest absolute Gasteiger partial charge is 0.128 e. The zero-order valence-corrected chi connectivity index (χ0v) is 5.54. The Morgan fingerprint density at radius 2 is 2.20 bits per heavy atom. The summed E-state index contributed by atoms with van der Waals surface area (Å²) in [5.41, 5.74) is 2.27. The first-order chi connectivity index (χ1) is 4.86. The molecular weight excluding hydrogens is 126 g/mol. The summed E-state index contributed by atoms with van der Waals surface area (Å²) >= 11 is 0. The molecule has 52 valence electrons. The first-order valence-corrected chi connectivity index (χ1v) is 3.39. The summed E-state index contributed by atoms with van der Waals surface area (Å²) in [5, 5.41) is 12.1. The normalized spacial score (nSPS) is 21.9. The average molecular weight is 135 g/mol. The fourth-order valence-corrected chi connectivity index (χ4v) is 1.28. The van der Waals surface area contributed by atoms with E-state index in [-0.39, 0.29) is 6.23 Å². The Kier molecular flexibility index (Phi) is 1.14. The van der Waals surface area contributed by atoms with E-state index in [0.29, 0.717) is 0 Å². The lowest BCUT2D eigenvalue weighted by molar-refractivity contribution is 0.212. The summed E-state index contributed by atoms with van der Waals surface area (Å²) in [7, 11) is 0. The highest BCUT2D eigenvalue weighted by atomic mass is 16.3. The highest BCUT2D eigenvalue weighted by Gasteiger charge is 2.15. The molecule has 0 saturated heterocycles. The molecule has 2 nitrogen and oxygen atoms in total. The standard InChI is InChI=1S/C8H9NO/c10-8-5-6-3-1-2-4-7(6)9-8/h1-4,8-10H,5H2. The van der Waals surface area contributed by atoms with E-state index >= 15 is 0 Å². The van der Waals surface area contributed by atoms with Crippen LogP contribution in [0.5, 0.6) is 0 Å². The quantitative estimate of drug-likeness (QED) is 0.555. The summed E-state index contributed by atoms with van der Waals surface area (Å²) in [6.07, 6.45) is 0.355. The predicted molar refractivity (Wildman–Crippen MR) is 39.8 cm³/mol. The Morgan fingerprint density at radius 1 is 1.40 bits per heavy atom. The summed E-state index contributed by atoms with van der Waals surface area (Å²) in [6.45, 7) is 0. The number of para-hydroxylation sites is 1. The number of hydrogen-bond donors (Lipinski definition) is 2. The van der Waals surface area contributed by atoms with Crippen LogP contribution >= 0.6 is 0 Å². The molecule has 1 unspecified atom stereocenters. The number of aliphatic hydroxyl groups excluding tert-OH is 1. The highest BCUT2D eigenvalue weighted by molar-refractivity contribution is 5.55. The molecule has 0 saturated carbocycles. The molecule has 1 aliphatic rings. The van der Waals surface area contributed by atoms with Gasteiger partial charge in [-0.05, 0) is 11.6 Å². The van der Waals surface area contributed by atoms with E-state index in [0.717, 1.165) is 12.1 Å². The van der Waals surface area contributed by atoms with Gasteiger partial charge in [-0.3, -0.25) is 0 Å². The second-order valence-electron chi connectivity index (χ2n) is 2.52. The Hall–Kier alpha value is -1.02. The maximum atomic E-state index is 9.14. The first kappa shape index (κ1) is 5.74. The molecule has 1 atom stereocenters. The van der Waals surface area contributed by atoms with Crippen LogP contribution in [0.4, 0.5) is 5.69 Å². The van der Waals surface area contributed by atoms with Gasteiger partial charge in [-0.1, -0.05) is 18.2 Å².